The Labute approximate surface area is 134 Å². The van der Waals surface area contributed by atoms with Crippen molar-refractivity contribution in [3.63, 3.8) is 0 Å². The molecule has 5 nitrogen and oxygen atoms in total. The van der Waals surface area contributed by atoms with Crippen molar-refractivity contribution in [3.05, 3.63) is 66.2 Å². The highest BCUT2D eigenvalue weighted by Crippen LogP contribution is 2.29. The van der Waals surface area contributed by atoms with Gasteiger partial charge in [-0.25, -0.2) is 0 Å². The Morgan fingerprint density at radius 1 is 1.00 bits per heavy atom. The minimum absolute atomic E-state index is 0.0625. The van der Waals surface area contributed by atoms with Crippen LogP contribution in [0.1, 0.15) is 5.56 Å². The normalized spacial score (nSPS) is 11.4. The molecule has 0 aliphatic carbocycles. The molecular formula is C17H15NO4S. The van der Waals surface area contributed by atoms with Gasteiger partial charge in [-0.3, -0.25) is 4.55 Å². The van der Waals surface area contributed by atoms with Crippen molar-refractivity contribution in [2.45, 2.75) is 6.92 Å². The monoisotopic (exact) mass is 329 g/mol. The van der Waals surface area contributed by atoms with Crippen LogP contribution in [0.3, 0.4) is 0 Å². The standard InChI is InChI=1S/C17H15NO4S/c1-12-5-7-14(8-6-12)18-17-4-2-3-13-11-15(9-10-16(13)17)22-23(19,20)21/h2-11,18H,1H3,(H,19,20,21). The minimum Gasteiger partial charge on any atom is -0.362 e. The van der Waals surface area contributed by atoms with Gasteiger partial charge in [0.15, 0.2) is 0 Å². The maximum absolute atomic E-state index is 10.8. The summed E-state index contributed by atoms with van der Waals surface area (Å²) in [4.78, 5) is 0. The van der Waals surface area contributed by atoms with E-state index in [1.807, 2.05) is 49.4 Å². The molecular weight excluding hydrogens is 314 g/mol. The largest absolute Gasteiger partial charge is 0.446 e. The summed E-state index contributed by atoms with van der Waals surface area (Å²) in [5, 5.41) is 5.04. The van der Waals surface area contributed by atoms with Gasteiger partial charge in [0.25, 0.3) is 0 Å². The molecule has 6 heteroatoms. The van der Waals surface area contributed by atoms with Crippen molar-refractivity contribution in [1.82, 2.24) is 0 Å². The summed E-state index contributed by atoms with van der Waals surface area (Å²) >= 11 is 0. The first-order valence-electron chi connectivity index (χ1n) is 6.94. The second-order valence-electron chi connectivity index (χ2n) is 5.19. The lowest BCUT2D eigenvalue weighted by Gasteiger charge is -2.11. The van der Waals surface area contributed by atoms with Gasteiger partial charge >= 0.3 is 10.4 Å². The Morgan fingerprint density at radius 3 is 2.43 bits per heavy atom. The van der Waals surface area contributed by atoms with E-state index in [9.17, 15) is 8.42 Å². The van der Waals surface area contributed by atoms with Crippen LogP contribution in [0.15, 0.2) is 60.7 Å². The molecule has 23 heavy (non-hydrogen) atoms. The van der Waals surface area contributed by atoms with Gasteiger partial charge in [-0.1, -0.05) is 29.8 Å². The van der Waals surface area contributed by atoms with E-state index in [0.717, 1.165) is 22.1 Å². The molecule has 0 saturated heterocycles. The lowest BCUT2D eigenvalue weighted by molar-refractivity contribution is 0.387. The molecule has 0 aliphatic heterocycles. The van der Waals surface area contributed by atoms with Gasteiger partial charge in [-0.05, 0) is 48.7 Å². The van der Waals surface area contributed by atoms with E-state index in [4.69, 9.17) is 4.55 Å². The number of rotatable bonds is 4. The van der Waals surface area contributed by atoms with E-state index in [1.54, 1.807) is 12.1 Å². The number of anilines is 2. The minimum atomic E-state index is -4.52. The Kier molecular flexibility index (Phi) is 3.94. The zero-order chi connectivity index (χ0) is 16.4. The molecule has 3 aromatic rings. The van der Waals surface area contributed by atoms with Crippen LogP contribution < -0.4 is 9.50 Å². The molecule has 0 aromatic heterocycles. The van der Waals surface area contributed by atoms with Crippen molar-refractivity contribution >= 4 is 32.5 Å². The van der Waals surface area contributed by atoms with Crippen LogP contribution in [0, 0.1) is 6.92 Å². The van der Waals surface area contributed by atoms with Gasteiger partial charge in [0, 0.05) is 16.8 Å². The van der Waals surface area contributed by atoms with Gasteiger partial charge in [0.05, 0.1) is 0 Å². The van der Waals surface area contributed by atoms with Crippen molar-refractivity contribution in [2.75, 3.05) is 5.32 Å². The molecule has 0 spiro atoms. The van der Waals surface area contributed by atoms with Crippen molar-refractivity contribution in [2.24, 2.45) is 0 Å². The molecule has 0 aliphatic rings. The van der Waals surface area contributed by atoms with Gasteiger partial charge in [-0.2, -0.15) is 8.42 Å². The Hall–Kier alpha value is -2.57. The second-order valence-corrected chi connectivity index (χ2v) is 6.21. The number of fused-ring (bicyclic) bond motifs is 1. The Bertz CT molecular complexity index is 950. The maximum Gasteiger partial charge on any atom is 0.446 e. The summed E-state index contributed by atoms with van der Waals surface area (Å²) in [5.41, 5.74) is 3.03. The van der Waals surface area contributed by atoms with Gasteiger partial charge in [0.2, 0.25) is 0 Å². The van der Waals surface area contributed by atoms with Gasteiger partial charge in [-0.15, -0.1) is 0 Å². The average Bonchev–Trinajstić information content (AvgIpc) is 2.48. The topological polar surface area (TPSA) is 75.6 Å². The first kappa shape index (κ1) is 15.3. The number of hydrogen-bond acceptors (Lipinski definition) is 4. The SMILES string of the molecule is Cc1ccc(Nc2cccc3cc(OS(=O)(=O)O)ccc23)cc1. The second kappa shape index (κ2) is 5.91. The smallest absolute Gasteiger partial charge is 0.362 e. The van der Waals surface area contributed by atoms with Crippen molar-refractivity contribution in [3.8, 4) is 5.75 Å². The fourth-order valence-electron chi connectivity index (χ4n) is 2.34. The van der Waals surface area contributed by atoms with Crippen molar-refractivity contribution in [1.29, 1.82) is 0 Å². The van der Waals surface area contributed by atoms with E-state index in [1.165, 1.54) is 11.6 Å². The van der Waals surface area contributed by atoms with Crippen LogP contribution in [-0.2, 0) is 10.4 Å². The van der Waals surface area contributed by atoms with E-state index in [2.05, 4.69) is 9.50 Å². The summed E-state index contributed by atoms with van der Waals surface area (Å²) in [6.07, 6.45) is 0. The van der Waals surface area contributed by atoms with Crippen LogP contribution in [0.25, 0.3) is 10.8 Å². The van der Waals surface area contributed by atoms with E-state index in [0.29, 0.717) is 0 Å². The summed E-state index contributed by atoms with van der Waals surface area (Å²) in [6.45, 7) is 2.03. The summed E-state index contributed by atoms with van der Waals surface area (Å²) in [7, 11) is -4.52. The Balaban J connectivity index is 1.97. The molecule has 0 fully saturated rings. The highest BCUT2D eigenvalue weighted by Gasteiger charge is 2.08. The van der Waals surface area contributed by atoms with Gasteiger partial charge in [0.1, 0.15) is 5.75 Å². The third-order valence-corrected chi connectivity index (χ3v) is 3.79. The molecule has 0 amide bonds. The predicted molar refractivity (Wildman–Crippen MR) is 90.6 cm³/mol. The Morgan fingerprint density at radius 2 is 1.74 bits per heavy atom. The third-order valence-electron chi connectivity index (χ3n) is 3.38. The first-order chi connectivity index (χ1) is 10.9. The van der Waals surface area contributed by atoms with Crippen LogP contribution in [0.2, 0.25) is 0 Å². The highest BCUT2D eigenvalue weighted by molar-refractivity contribution is 7.81. The maximum atomic E-state index is 10.8. The van der Waals surface area contributed by atoms with E-state index < -0.39 is 10.4 Å². The third kappa shape index (κ3) is 3.80. The van der Waals surface area contributed by atoms with E-state index in [-0.39, 0.29) is 5.75 Å². The summed E-state index contributed by atoms with van der Waals surface area (Å²) in [5.74, 6) is 0.0625. The number of aryl methyl sites for hydroxylation is 1. The molecule has 0 unspecified atom stereocenters. The molecule has 0 bridgehead atoms. The summed E-state index contributed by atoms with van der Waals surface area (Å²) in [6, 6.07) is 18.4. The lowest BCUT2D eigenvalue weighted by Crippen LogP contribution is -2.06. The molecule has 0 atom stereocenters. The highest BCUT2D eigenvalue weighted by atomic mass is 32.3. The van der Waals surface area contributed by atoms with Gasteiger partial charge < -0.3 is 9.50 Å². The molecule has 0 radical (unpaired) electrons. The number of benzene rings is 3. The molecule has 0 heterocycles. The molecule has 3 rings (SSSR count). The molecule has 2 N–H and O–H groups in total. The lowest BCUT2D eigenvalue weighted by atomic mass is 10.1. The fourth-order valence-corrected chi connectivity index (χ4v) is 2.68. The number of hydrogen-bond donors (Lipinski definition) is 2. The van der Waals surface area contributed by atoms with Crippen LogP contribution in [0.5, 0.6) is 5.75 Å². The fraction of sp³-hybridized carbons (Fsp3) is 0.0588. The quantitative estimate of drug-likeness (QED) is 0.706. The zero-order valence-electron chi connectivity index (χ0n) is 12.4. The molecule has 118 valence electrons. The average molecular weight is 329 g/mol. The number of nitrogens with one attached hydrogen (secondary N) is 1. The molecule has 0 saturated carbocycles. The zero-order valence-corrected chi connectivity index (χ0v) is 13.2. The van der Waals surface area contributed by atoms with Crippen LogP contribution in [-0.4, -0.2) is 13.0 Å². The van der Waals surface area contributed by atoms with Crippen LogP contribution in [0.4, 0.5) is 11.4 Å². The van der Waals surface area contributed by atoms with Crippen LogP contribution >= 0.6 is 0 Å². The molecule has 3 aromatic carbocycles. The van der Waals surface area contributed by atoms with E-state index >= 15 is 0 Å². The summed E-state index contributed by atoms with van der Waals surface area (Å²) < 4.78 is 34.8. The van der Waals surface area contributed by atoms with Crippen molar-refractivity contribution < 1.29 is 17.2 Å². The first-order valence-corrected chi connectivity index (χ1v) is 8.31. The predicted octanol–water partition coefficient (Wildman–Crippen LogP) is 4.07.